The van der Waals surface area contributed by atoms with Gasteiger partial charge in [-0.05, 0) is 97.3 Å². The lowest BCUT2D eigenvalue weighted by atomic mass is 9.50. The highest BCUT2D eigenvalue weighted by Gasteiger charge is 2.66. The minimum atomic E-state index is -3.32. The molecule has 0 radical (unpaired) electrons. The molecule has 2 saturated carbocycles. The SMILES string of the molecule is C.C.C=C1CCO[C@]12CC[C@H]1[C@@H]3CCC4=CC(=O)CCC4=C3[C@@H](c3ccc(P4(=O)OCC(C)(C)CO4)cc3)C[C@@]12C.S.S.S. The first kappa shape index (κ1) is 39.4. The van der Waals surface area contributed by atoms with Crippen LogP contribution in [0.3, 0.4) is 0 Å². The highest BCUT2D eigenvalue weighted by atomic mass is 32.1. The van der Waals surface area contributed by atoms with Gasteiger partial charge < -0.3 is 13.8 Å². The molecule has 7 rings (SSSR count). The van der Waals surface area contributed by atoms with E-state index in [2.05, 4.69) is 39.5 Å². The van der Waals surface area contributed by atoms with E-state index in [1.807, 2.05) is 18.2 Å². The van der Waals surface area contributed by atoms with E-state index in [-0.39, 0.29) is 83.5 Å². The fourth-order valence-electron chi connectivity index (χ4n) is 9.05. The zero-order valence-electron chi connectivity index (χ0n) is 25.1. The summed E-state index contributed by atoms with van der Waals surface area (Å²) in [5, 5.41) is 0.633. The molecule has 4 fully saturated rings. The molecular weight excluding hydrogens is 628 g/mol. The van der Waals surface area contributed by atoms with Crippen LogP contribution in [0.15, 0.2) is 59.2 Å². The normalized spacial score (nSPS) is 34.4. The third-order valence-corrected chi connectivity index (χ3v) is 12.9. The summed E-state index contributed by atoms with van der Waals surface area (Å²) in [7, 11) is -3.32. The van der Waals surface area contributed by atoms with Crippen LogP contribution in [0.4, 0.5) is 0 Å². The third kappa shape index (κ3) is 5.93. The van der Waals surface area contributed by atoms with Gasteiger partial charge in [0.1, 0.15) is 0 Å². The quantitative estimate of drug-likeness (QED) is 0.231. The van der Waals surface area contributed by atoms with Gasteiger partial charge in [0, 0.05) is 23.2 Å². The molecule has 2 aliphatic heterocycles. The lowest BCUT2D eigenvalue weighted by Gasteiger charge is -2.55. The van der Waals surface area contributed by atoms with Crippen molar-refractivity contribution in [1.82, 2.24) is 0 Å². The number of fused-ring (bicyclic) bond motifs is 5. The van der Waals surface area contributed by atoms with Gasteiger partial charge >= 0.3 is 7.60 Å². The van der Waals surface area contributed by atoms with Crippen LogP contribution < -0.4 is 5.30 Å². The second kappa shape index (κ2) is 13.8. The van der Waals surface area contributed by atoms with Crippen molar-refractivity contribution in [2.24, 2.45) is 22.7 Å². The first-order valence-corrected chi connectivity index (χ1v) is 16.4. The van der Waals surface area contributed by atoms with Crippen LogP contribution >= 0.6 is 48.1 Å². The van der Waals surface area contributed by atoms with E-state index in [4.69, 9.17) is 13.8 Å². The van der Waals surface area contributed by atoms with E-state index in [9.17, 15) is 9.36 Å². The molecule has 0 unspecified atom stereocenters. The van der Waals surface area contributed by atoms with E-state index in [1.165, 1.54) is 28.7 Å². The number of allylic oxidation sites excluding steroid dienone is 4. The molecule has 5 atom stereocenters. The number of rotatable bonds is 2. The molecule has 1 spiro atoms. The Hall–Kier alpha value is -0.730. The molecule has 5 nitrogen and oxygen atoms in total. The topological polar surface area (TPSA) is 61.8 Å². The standard InChI is InChI=1S/C33H41O5P.2CH4.3H2S/c1-21-14-16-36-33(21)15-13-29-27-11-7-23-17-24(34)8-12-26(23)30(27)28(18-32(29,33)4)22-5-9-25(10-6-22)39(35)37-19-31(2,3)20-38-39;;;;;/h5-6,9-10,17,27-29H,1,7-8,11-16,18-20H2,2-4H3;2*1H4;3*1H2/t27-,28+,29-,32-,33+;;;;;/m0...../s1. The van der Waals surface area contributed by atoms with Gasteiger partial charge in [-0.1, -0.05) is 59.9 Å². The van der Waals surface area contributed by atoms with Crippen LogP contribution in [0.1, 0.15) is 98.5 Å². The smallest absolute Gasteiger partial charge is 0.361 e. The summed E-state index contributed by atoms with van der Waals surface area (Å²) in [5.74, 6) is 1.56. The van der Waals surface area contributed by atoms with E-state index >= 15 is 0 Å². The van der Waals surface area contributed by atoms with Crippen molar-refractivity contribution in [3.05, 3.63) is 64.8 Å². The van der Waals surface area contributed by atoms with Crippen molar-refractivity contribution in [1.29, 1.82) is 0 Å². The summed E-state index contributed by atoms with van der Waals surface area (Å²) >= 11 is 0. The maximum atomic E-state index is 13.5. The third-order valence-electron chi connectivity index (χ3n) is 11.0. The fourth-order valence-corrected chi connectivity index (χ4v) is 11.0. The molecule has 1 aromatic rings. The van der Waals surface area contributed by atoms with Crippen molar-refractivity contribution < 1.29 is 23.1 Å². The molecule has 6 aliphatic rings. The van der Waals surface area contributed by atoms with Crippen molar-refractivity contribution in [3.8, 4) is 0 Å². The average molecular weight is 683 g/mol. The predicted octanol–water partition coefficient (Wildman–Crippen LogP) is 8.80. The Labute approximate surface area is 286 Å². The Morgan fingerprint density at radius 1 is 0.909 bits per heavy atom. The molecule has 0 amide bonds. The molecule has 9 heteroatoms. The lowest BCUT2D eigenvalue weighted by molar-refractivity contribution is -0.114. The van der Waals surface area contributed by atoms with E-state index in [0.29, 0.717) is 36.8 Å². The summed E-state index contributed by atoms with van der Waals surface area (Å²) in [6.07, 6.45) is 9.70. The van der Waals surface area contributed by atoms with Gasteiger partial charge in [0.05, 0.1) is 30.7 Å². The number of hydrogen-bond donors (Lipinski definition) is 0. The van der Waals surface area contributed by atoms with E-state index in [0.717, 1.165) is 45.1 Å². The predicted molar refractivity (Wildman–Crippen MR) is 197 cm³/mol. The van der Waals surface area contributed by atoms with Crippen LogP contribution in [0, 0.1) is 22.7 Å². The maximum Gasteiger partial charge on any atom is 0.361 e. The highest BCUT2D eigenvalue weighted by molar-refractivity contribution is 7.62. The van der Waals surface area contributed by atoms with Gasteiger partial charge in [-0.2, -0.15) is 40.5 Å². The minimum Gasteiger partial charge on any atom is -0.370 e. The van der Waals surface area contributed by atoms with Gasteiger partial charge in [0.2, 0.25) is 0 Å². The Morgan fingerprint density at radius 2 is 1.57 bits per heavy atom. The average Bonchev–Trinajstić information content (AvgIpc) is 3.45. The summed E-state index contributed by atoms with van der Waals surface area (Å²) in [4.78, 5) is 12.4. The summed E-state index contributed by atoms with van der Waals surface area (Å²) in [6.45, 7) is 12.8. The van der Waals surface area contributed by atoms with Gasteiger partial charge in [-0.25, -0.2) is 0 Å². The van der Waals surface area contributed by atoms with Crippen LogP contribution in [-0.2, 0) is 23.1 Å². The first-order valence-electron chi connectivity index (χ1n) is 14.8. The Kier molecular flexibility index (Phi) is 12.4. The van der Waals surface area contributed by atoms with E-state index in [1.54, 1.807) is 5.57 Å². The molecule has 2 saturated heterocycles. The molecule has 0 bridgehead atoms. The van der Waals surface area contributed by atoms with Gasteiger partial charge in [-0.3, -0.25) is 9.36 Å². The maximum absolute atomic E-state index is 13.5. The molecular formula is C35H55O5PS3. The highest BCUT2D eigenvalue weighted by Crippen LogP contribution is 2.70. The molecule has 44 heavy (non-hydrogen) atoms. The van der Waals surface area contributed by atoms with Crippen molar-refractivity contribution in [2.75, 3.05) is 19.8 Å². The van der Waals surface area contributed by atoms with Gasteiger partial charge in [0.25, 0.3) is 0 Å². The first-order chi connectivity index (χ1) is 18.6. The zero-order valence-corrected chi connectivity index (χ0v) is 29.0. The number of carbonyl (C=O) groups is 1. The summed E-state index contributed by atoms with van der Waals surface area (Å²) in [5.41, 5.74) is 6.46. The number of carbonyl (C=O) groups excluding carboxylic acids is 1. The molecule has 248 valence electrons. The second-order valence-electron chi connectivity index (χ2n) is 13.9. The number of ketones is 1. The Bertz CT molecular complexity index is 1350. The van der Waals surface area contributed by atoms with Crippen LogP contribution in [0.5, 0.6) is 0 Å². The number of hydrogen-bond acceptors (Lipinski definition) is 5. The van der Waals surface area contributed by atoms with Crippen molar-refractivity contribution in [2.45, 2.75) is 98.5 Å². The second-order valence-corrected chi connectivity index (χ2v) is 15.9. The zero-order chi connectivity index (χ0) is 27.2. The summed E-state index contributed by atoms with van der Waals surface area (Å²) < 4.78 is 31.9. The van der Waals surface area contributed by atoms with Crippen LogP contribution in [0.25, 0.3) is 0 Å². The number of ether oxygens (including phenoxy) is 1. The Morgan fingerprint density at radius 3 is 2.18 bits per heavy atom. The van der Waals surface area contributed by atoms with Crippen molar-refractivity contribution in [3.63, 3.8) is 0 Å². The summed E-state index contributed by atoms with van der Waals surface area (Å²) in [6, 6.07) is 8.22. The molecule has 0 aromatic heterocycles. The molecule has 2 heterocycles. The largest absolute Gasteiger partial charge is 0.370 e. The number of benzene rings is 1. The van der Waals surface area contributed by atoms with Gasteiger partial charge in [0.15, 0.2) is 5.78 Å². The molecule has 0 N–H and O–H groups in total. The van der Waals surface area contributed by atoms with Gasteiger partial charge in [-0.15, -0.1) is 0 Å². The minimum absolute atomic E-state index is 0. The lowest BCUT2D eigenvalue weighted by Crippen LogP contribution is -2.52. The fraction of sp³-hybridized carbons (Fsp3) is 0.629. The molecule has 1 aromatic carbocycles. The van der Waals surface area contributed by atoms with E-state index < -0.39 is 7.60 Å². The monoisotopic (exact) mass is 682 g/mol. The Balaban J connectivity index is 0.00000135. The van der Waals surface area contributed by atoms with Crippen molar-refractivity contribution >= 4 is 59.2 Å². The van der Waals surface area contributed by atoms with Crippen LogP contribution in [-0.4, -0.2) is 31.2 Å². The molecule has 4 aliphatic carbocycles. The van der Waals surface area contributed by atoms with Crippen LogP contribution in [0.2, 0.25) is 0 Å².